The van der Waals surface area contributed by atoms with E-state index in [2.05, 4.69) is 34.3 Å². The molecule has 0 bridgehead atoms. The smallest absolute Gasteiger partial charge is 0.251 e. The molecule has 0 saturated carbocycles. The van der Waals surface area contributed by atoms with E-state index in [1.807, 2.05) is 24.4 Å². The van der Waals surface area contributed by atoms with Crippen molar-refractivity contribution in [1.29, 1.82) is 0 Å². The molecular formula is C19H21N3O. The number of para-hydroxylation sites is 1. The summed E-state index contributed by atoms with van der Waals surface area (Å²) in [4.78, 5) is 19.8. The van der Waals surface area contributed by atoms with Crippen LogP contribution < -0.4 is 5.32 Å². The van der Waals surface area contributed by atoms with Crippen LogP contribution in [0.2, 0.25) is 0 Å². The molecule has 0 spiro atoms. The SMILES string of the molecule is CCCc1cc(C(=O)NCCc2c[nH]c3ccccc23)ccn1. The number of carbonyl (C=O) groups excluding carboxylic acids is 1. The van der Waals surface area contributed by atoms with Crippen molar-refractivity contribution in [3.8, 4) is 0 Å². The fourth-order valence-electron chi connectivity index (χ4n) is 2.76. The Morgan fingerprint density at radius 1 is 1.22 bits per heavy atom. The minimum absolute atomic E-state index is 0.0374. The van der Waals surface area contributed by atoms with E-state index in [1.54, 1.807) is 12.3 Å². The number of fused-ring (bicyclic) bond motifs is 1. The van der Waals surface area contributed by atoms with Crippen LogP contribution in [0.4, 0.5) is 0 Å². The molecule has 0 radical (unpaired) electrons. The standard InChI is InChI=1S/C19H21N3O/c1-2-5-16-12-14(8-10-20-16)19(23)21-11-9-15-13-22-18-7-4-3-6-17(15)18/h3-4,6-8,10,12-13,22H,2,5,9,11H2,1H3,(H,21,23). The summed E-state index contributed by atoms with van der Waals surface area (Å²) < 4.78 is 0. The van der Waals surface area contributed by atoms with Gasteiger partial charge in [-0.1, -0.05) is 31.5 Å². The zero-order chi connectivity index (χ0) is 16.1. The number of benzene rings is 1. The van der Waals surface area contributed by atoms with Gasteiger partial charge in [-0.3, -0.25) is 9.78 Å². The van der Waals surface area contributed by atoms with E-state index in [0.29, 0.717) is 12.1 Å². The molecule has 2 heterocycles. The summed E-state index contributed by atoms with van der Waals surface area (Å²) in [5, 5.41) is 4.21. The number of nitrogens with one attached hydrogen (secondary N) is 2. The Hall–Kier alpha value is -2.62. The molecule has 0 aliphatic heterocycles. The van der Waals surface area contributed by atoms with E-state index < -0.39 is 0 Å². The third kappa shape index (κ3) is 3.59. The molecule has 0 unspecified atom stereocenters. The molecule has 3 aromatic rings. The van der Waals surface area contributed by atoms with Gasteiger partial charge in [-0.05, 0) is 36.6 Å². The van der Waals surface area contributed by atoms with Crippen LogP contribution in [0.15, 0.2) is 48.8 Å². The Bertz CT molecular complexity index is 807. The van der Waals surface area contributed by atoms with E-state index in [1.165, 1.54) is 10.9 Å². The van der Waals surface area contributed by atoms with Gasteiger partial charge in [0.05, 0.1) is 0 Å². The first kappa shape index (κ1) is 15.3. The lowest BCUT2D eigenvalue weighted by molar-refractivity contribution is 0.0954. The average molecular weight is 307 g/mol. The highest BCUT2D eigenvalue weighted by Gasteiger charge is 2.07. The Morgan fingerprint density at radius 2 is 2.09 bits per heavy atom. The Kier molecular flexibility index (Phi) is 4.71. The van der Waals surface area contributed by atoms with Crippen molar-refractivity contribution in [2.75, 3.05) is 6.54 Å². The van der Waals surface area contributed by atoms with Crippen molar-refractivity contribution in [3.63, 3.8) is 0 Å². The molecule has 0 atom stereocenters. The van der Waals surface area contributed by atoms with Gasteiger partial charge in [0.1, 0.15) is 0 Å². The number of H-pyrrole nitrogens is 1. The molecule has 1 amide bonds. The average Bonchev–Trinajstić information content (AvgIpc) is 2.99. The lowest BCUT2D eigenvalue weighted by atomic mass is 10.1. The third-order valence-corrected chi connectivity index (χ3v) is 3.94. The highest BCUT2D eigenvalue weighted by molar-refractivity contribution is 5.94. The van der Waals surface area contributed by atoms with Crippen LogP contribution in [0.25, 0.3) is 10.9 Å². The minimum atomic E-state index is -0.0374. The zero-order valence-corrected chi connectivity index (χ0v) is 13.3. The molecule has 2 N–H and O–H groups in total. The van der Waals surface area contributed by atoms with Crippen LogP contribution in [-0.2, 0) is 12.8 Å². The zero-order valence-electron chi connectivity index (χ0n) is 13.3. The van der Waals surface area contributed by atoms with Gasteiger partial charge in [0.15, 0.2) is 0 Å². The van der Waals surface area contributed by atoms with E-state index in [4.69, 9.17) is 0 Å². The van der Waals surface area contributed by atoms with E-state index in [9.17, 15) is 4.79 Å². The molecule has 1 aromatic carbocycles. The maximum absolute atomic E-state index is 12.2. The van der Waals surface area contributed by atoms with Gasteiger partial charge in [0.25, 0.3) is 5.91 Å². The topological polar surface area (TPSA) is 57.8 Å². The second kappa shape index (κ2) is 7.09. The predicted octanol–water partition coefficient (Wildman–Crippen LogP) is 3.49. The number of hydrogen-bond acceptors (Lipinski definition) is 2. The highest BCUT2D eigenvalue weighted by Crippen LogP contribution is 2.17. The molecular weight excluding hydrogens is 286 g/mol. The molecule has 0 saturated heterocycles. The number of aromatic nitrogens is 2. The summed E-state index contributed by atoms with van der Waals surface area (Å²) in [5.41, 5.74) is 4.01. The van der Waals surface area contributed by atoms with Crippen LogP contribution in [-0.4, -0.2) is 22.4 Å². The fraction of sp³-hybridized carbons (Fsp3) is 0.263. The normalized spacial score (nSPS) is 10.8. The quantitative estimate of drug-likeness (QED) is 0.732. The highest BCUT2D eigenvalue weighted by atomic mass is 16.1. The predicted molar refractivity (Wildman–Crippen MR) is 92.6 cm³/mol. The summed E-state index contributed by atoms with van der Waals surface area (Å²) in [7, 11) is 0. The van der Waals surface area contributed by atoms with Crippen molar-refractivity contribution in [2.45, 2.75) is 26.2 Å². The Morgan fingerprint density at radius 3 is 2.96 bits per heavy atom. The third-order valence-electron chi connectivity index (χ3n) is 3.94. The van der Waals surface area contributed by atoms with Crippen molar-refractivity contribution in [1.82, 2.24) is 15.3 Å². The molecule has 2 aromatic heterocycles. The molecule has 118 valence electrons. The van der Waals surface area contributed by atoms with Crippen LogP contribution in [0.3, 0.4) is 0 Å². The van der Waals surface area contributed by atoms with Crippen molar-refractivity contribution in [3.05, 3.63) is 65.6 Å². The van der Waals surface area contributed by atoms with Crippen LogP contribution in [0.5, 0.6) is 0 Å². The number of nitrogens with zero attached hydrogens (tertiary/aromatic N) is 1. The maximum Gasteiger partial charge on any atom is 0.251 e. The van der Waals surface area contributed by atoms with E-state index in [0.717, 1.165) is 30.5 Å². The second-order valence-corrected chi connectivity index (χ2v) is 5.65. The van der Waals surface area contributed by atoms with Gasteiger partial charge >= 0.3 is 0 Å². The van der Waals surface area contributed by atoms with Gasteiger partial charge in [-0.15, -0.1) is 0 Å². The maximum atomic E-state index is 12.2. The van der Waals surface area contributed by atoms with Gasteiger partial charge in [-0.2, -0.15) is 0 Å². The Labute approximate surface area is 136 Å². The molecule has 0 fully saturated rings. The lowest BCUT2D eigenvalue weighted by Gasteiger charge is -2.06. The first-order valence-corrected chi connectivity index (χ1v) is 8.06. The molecule has 4 heteroatoms. The number of amides is 1. The number of hydrogen-bond donors (Lipinski definition) is 2. The van der Waals surface area contributed by atoms with E-state index in [-0.39, 0.29) is 5.91 Å². The van der Waals surface area contributed by atoms with Gasteiger partial charge in [0, 0.05) is 41.1 Å². The van der Waals surface area contributed by atoms with Crippen molar-refractivity contribution in [2.24, 2.45) is 0 Å². The summed E-state index contributed by atoms with van der Waals surface area (Å²) in [6.07, 6.45) is 6.46. The summed E-state index contributed by atoms with van der Waals surface area (Å²) in [6.45, 7) is 2.72. The van der Waals surface area contributed by atoms with Gasteiger partial charge < -0.3 is 10.3 Å². The first-order chi connectivity index (χ1) is 11.3. The van der Waals surface area contributed by atoms with Crippen molar-refractivity contribution >= 4 is 16.8 Å². The first-order valence-electron chi connectivity index (χ1n) is 8.06. The van der Waals surface area contributed by atoms with Crippen LogP contribution in [0, 0.1) is 0 Å². The van der Waals surface area contributed by atoms with Crippen LogP contribution in [0.1, 0.15) is 35.0 Å². The van der Waals surface area contributed by atoms with Gasteiger partial charge in [0.2, 0.25) is 0 Å². The second-order valence-electron chi connectivity index (χ2n) is 5.65. The number of carbonyl (C=O) groups is 1. The number of aryl methyl sites for hydroxylation is 1. The fourth-order valence-corrected chi connectivity index (χ4v) is 2.76. The largest absolute Gasteiger partial charge is 0.361 e. The summed E-state index contributed by atoms with van der Waals surface area (Å²) in [5.74, 6) is -0.0374. The van der Waals surface area contributed by atoms with Crippen LogP contribution >= 0.6 is 0 Å². The minimum Gasteiger partial charge on any atom is -0.361 e. The Balaban J connectivity index is 1.60. The number of pyridine rings is 1. The van der Waals surface area contributed by atoms with Crippen molar-refractivity contribution < 1.29 is 4.79 Å². The molecule has 0 aliphatic carbocycles. The van der Waals surface area contributed by atoms with Gasteiger partial charge in [-0.25, -0.2) is 0 Å². The monoisotopic (exact) mass is 307 g/mol. The number of rotatable bonds is 6. The molecule has 0 aliphatic rings. The lowest BCUT2D eigenvalue weighted by Crippen LogP contribution is -2.25. The summed E-state index contributed by atoms with van der Waals surface area (Å²) >= 11 is 0. The summed E-state index contributed by atoms with van der Waals surface area (Å²) in [6, 6.07) is 11.9. The number of aromatic amines is 1. The molecule has 4 nitrogen and oxygen atoms in total. The molecule has 3 rings (SSSR count). The molecule has 23 heavy (non-hydrogen) atoms. The van der Waals surface area contributed by atoms with E-state index >= 15 is 0 Å².